The van der Waals surface area contributed by atoms with E-state index in [-0.39, 0.29) is 5.41 Å². The molecule has 0 radical (unpaired) electrons. The lowest BCUT2D eigenvalue weighted by molar-refractivity contribution is 0.661. The van der Waals surface area contributed by atoms with E-state index in [1.54, 1.807) is 0 Å². The van der Waals surface area contributed by atoms with Crippen LogP contribution in [-0.4, -0.2) is 14.5 Å². The van der Waals surface area contributed by atoms with Gasteiger partial charge in [0.1, 0.15) is 0 Å². The van der Waals surface area contributed by atoms with Gasteiger partial charge in [0.15, 0.2) is 0 Å². The lowest BCUT2D eigenvalue weighted by Crippen LogP contribution is -2.14. The van der Waals surface area contributed by atoms with E-state index < -0.39 is 0 Å². The smallest absolute Gasteiger partial charge is 0.235 e. The Balaban J connectivity index is 1.53. The van der Waals surface area contributed by atoms with Gasteiger partial charge in [-0.1, -0.05) is 86.6 Å². The third-order valence-electron chi connectivity index (χ3n) is 8.03. The SMILES string of the molecule is CC1(C)c2ccccc2-c2c1ccc1cc3c4ccccc4n(-c4ncc5ccccc5n4)c3cc21. The Morgan fingerprint density at radius 1 is 0.639 bits per heavy atom. The minimum absolute atomic E-state index is 0.0246. The molecule has 36 heavy (non-hydrogen) atoms. The van der Waals surface area contributed by atoms with E-state index in [1.165, 1.54) is 43.8 Å². The second kappa shape index (κ2) is 6.79. The lowest BCUT2D eigenvalue weighted by atomic mass is 9.82. The Bertz CT molecular complexity index is 2030. The van der Waals surface area contributed by atoms with Gasteiger partial charge in [-0.05, 0) is 57.3 Å². The highest BCUT2D eigenvalue weighted by molar-refractivity contribution is 6.16. The molecule has 0 bridgehead atoms. The summed E-state index contributed by atoms with van der Waals surface area (Å²) in [4.78, 5) is 9.79. The van der Waals surface area contributed by atoms with Gasteiger partial charge in [0.05, 0.1) is 16.6 Å². The Labute approximate surface area is 208 Å². The molecule has 0 N–H and O–H groups in total. The summed E-state index contributed by atoms with van der Waals surface area (Å²) in [7, 11) is 0. The van der Waals surface area contributed by atoms with Crippen LogP contribution >= 0.6 is 0 Å². The fourth-order valence-electron chi connectivity index (χ4n) is 6.28. The van der Waals surface area contributed by atoms with Crippen LogP contribution in [0, 0.1) is 0 Å². The summed E-state index contributed by atoms with van der Waals surface area (Å²) < 4.78 is 2.22. The number of nitrogens with zero attached hydrogens (tertiary/aromatic N) is 3. The van der Waals surface area contributed by atoms with Gasteiger partial charge in [0, 0.05) is 27.8 Å². The Morgan fingerprint density at radius 2 is 1.44 bits per heavy atom. The molecule has 2 aromatic heterocycles. The number of hydrogen-bond donors (Lipinski definition) is 0. The maximum atomic E-state index is 4.98. The van der Waals surface area contributed by atoms with Crippen molar-refractivity contribution in [2.75, 3.05) is 0 Å². The van der Waals surface area contributed by atoms with Crippen molar-refractivity contribution in [2.24, 2.45) is 0 Å². The quantitative estimate of drug-likeness (QED) is 0.247. The molecule has 0 amide bonds. The zero-order valence-electron chi connectivity index (χ0n) is 20.2. The van der Waals surface area contributed by atoms with E-state index in [0.717, 1.165) is 21.9 Å². The summed E-state index contributed by atoms with van der Waals surface area (Å²) in [6.07, 6.45) is 1.93. The molecule has 0 saturated carbocycles. The van der Waals surface area contributed by atoms with Crippen LogP contribution in [0.1, 0.15) is 25.0 Å². The van der Waals surface area contributed by atoms with Crippen LogP contribution in [0.4, 0.5) is 0 Å². The van der Waals surface area contributed by atoms with Gasteiger partial charge in [0.2, 0.25) is 5.95 Å². The predicted molar refractivity (Wildman–Crippen MR) is 149 cm³/mol. The maximum absolute atomic E-state index is 4.98. The van der Waals surface area contributed by atoms with Gasteiger partial charge in [-0.2, -0.15) is 0 Å². The number of hydrogen-bond acceptors (Lipinski definition) is 2. The first-order valence-electron chi connectivity index (χ1n) is 12.4. The van der Waals surface area contributed by atoms with E-state index in [4.69, 9.17) is 9.97 Å². The molecule has 7 aromatic rings. The summed E-state index contributed by atoms with van der Waals surface area (Å²) in [6, 6.07) is 34.9. The zero-order chi connectivity index (χ0) is 24.0. The highest BCUT2D eigenvalue weighted by Crippen LogP contribution is 2.51. The van der Waals surface area contributed by atoms with Crippen LogP contribution in [0.25, 0.3) is 60.6 Å². The van der Waals surface area contributed by atoms with Crippen molar-refractivity contribution in [3.05, 3.63) is 114 Å². The van der Waals surface area contributed by atoms with Gasteiger partial charge < -0.3 is 0 Å². The van der Waals surface area contributed by atoms with Gasteiger partial charge in [0.25, 0.3) is 0 Å². The van der Waals surface area contributed by atoms with E-state index in [9.17, 15) is 0 Å². The Hall–Kier alpha value is -4.50. The molecule has 170 valence electrons. The second-order valence-corrected chi connectivity index (χ2v) is 10.3. The summed E-state index contributed by atoms with van der Waals surface area (Å²) >= 11 is 0. The van der Waals surface area contributed by atoms with Crippen LogP contribution in [0.3, 0.4) is 0 Å². The standard InChI is InChI=1S/C33H23N3/c1-33(2)26-12-6-4-11-23(26)31-24-18-30-25(17-20(24)15-16-27(31)33)22-10-5-8-14-29(22)36(30)32-34-19-21-9-3-7-13-28(21)35-32/h3-19H,1-2H3. The van der Waals surface area contributed by atoms with Gasteiger partial charge in [-0.3, -0.25) is 4.57 Å². The molecular formula is C33H23N3. The van der Waals surface area contributed by atoms with Crippen LogP contribution in [0.2, 0.25) is 0 Å². The third-order valence-corrected chi connectivity index (χ3v) is 8.03. The molecule has 8 rings (SSSR count). The normalized spacial score (nSPS) is 14.1. The van der Waals surface area contributed by atoms with Crippen molar-refractivity contribution >= 4 is 43.5 Å². The van der Waals surface area contributed by atoms with Crippen LogP contribution in [-0.2, 0) is 5.41 Å². The number of benzene rings is 5. The fourth-order valence-corrected chi connectivity index (χ4v) is 6.28. The summed E-state index contributed by atoms with van der Waals surface area (Å²) in [6.45, 7) is 4.67. The van der Waals surface area contributed by atoms with E-state index in [1.807, 2.05) is 18.3 Å². The van der Waals surface area contributed by atoms with Crippen molar-refractivity contribution in [3.63, 3.8) is 0 Å². The average Bonchev–Trinajstić information content (AvgIpc) is 3.36. The van der Waals surface area contributed by atoms with Crippen LogP contribution in [0.5, 0.6) is 0 Å². The average molecular weight is 462 g/mol. The molecule has 0 saturated heterocycles. The molecule has 1 aliphatic rings. The number of aromatic nitrogens is 3. The largest absolute Gasteiger partial charge is 0.278 e. The Morgan fingerprint density at radius 3 is 2.39 bits per heavy atom. The van der Waals surface area contributed by atoms with Crippen molar-refractivity contribution in [1.82, 2.24) is 14.5 Å². The molecular weight excluding hydrogens is 438 g/mol. The van der Waals surface area contributed by atoms with Gasteiger partial charge in [-0.25, -0.2) is 9.97 Å². The highest BCUT2D eigenvalue weighted by atomic mass is 15.2. The molecule has 5 aromatic carbocycles. The molecule has 3 nitrogen and oxygen atoms in total. The molecule has 0 fully saturated rings. The lowest BCUT2D eigenvalue weighted by Gasteiger charge is -2.21. The highest BCUT2D eigenvalue weighted by Gasteiger charge is 2.36. The van der Waals surface area contributed by atoms with E-state index >= 15 is 0 Å². The van der Waals surface area contributed by atoms with Crippen molar-refractivity contribution < 1.29 is 0 Å². The molecule has 0 atom stereocenters. The summed E-state index contributed by atoms with van der Waals surface area (Å²) in [5.41, 5.74) is 8.66. The summed E-state index contributed by atoms with van der Waals surface area (Å²) in [5, 5.41) is 6.02. The second-order valence-electron chi connectivity index (χ2n) is 10.3. The van der Waals surface area contributed by atoms with E-state index in [0.29, 0.717) is 5.95 Å². The first kappa shape index (κ1) is 19.8. The summed E-state index contributed by atoms with van der Waals surface area (Å²) in [5.74, 6) is 0.701. The van der Waals surface area contributed by atoms with Gasteiger partial charge >= 0.3 is 0 Å². The maximum Gasteiger partial charge on any atom is 0.235 e. The number of para-hydroxylation sites is 2. The molecule has 3 heteroatoms. The van der Waals surface area contributed by atoms with Gasteiger partial charge in [-0.15, -0.1) is 0 Å². The van der Waals surface area contributed by atoms with Crippen LogP contribution in [0.15, 0.2) is 103 Å². The molecule has 1 aliphatic carbocycles. The van der Waals surface area contributed by atoms with Crippen molar-refractivity contribution in [2.45, 2.75) is 19.3 Å². The molecule has 0 unspecified atom stereocenters. The van der Waals surface area contributed by atoms with Crippen LogP contribution < -0.4 is 0 Å². The Kier molecular flexibility index (Phi) is 3.73. The topological polar surface area (TPSA) is 30.7 Å². The molecule has 0 spiro atoms. The third kappa shape index (κ3) is 2.47. The molecule has 2 heterocycles. The van der Waals surface area contributed by atoms with Crippen molar-refractivity contribution in [3.8, 4) is 17.1 Å². The minimum Gasteiger partial charge on any atom is -0.278 e. The predicted octanol–water partition coefficient (Wildman–Crippen LogP) is 8.19. The first-order valence-corrected chi connectivity index (χ1v) is 12.4. The first-order chi connectivity index (χ1) is 17.6. The van der Waals surface area contributed by atoms with E-state index in [2.05, 4.69) is 103 Å². The number of fused-ring (bicyclic) bond motifs is 9. The molecule has 0 aliphatic heterocycles. The number of rotatable bonds is 1. The zero-order valence-corrected chi connectivity index (χ0v) is 20.2. The van der Waals surface area contributed by atoms with Crippen molar-refractivity contribution in [1.29, 1.82) is 0 Å². The minimum atomic E-state index is -0.0246. The monoisotopic (exact) mass is 461 g/mol. The fraction of sp³-hybridized carbons (Fsp3) is 0.0909.